The number of hydrogen-bond donors (Lipinski definition) is 0. The number of benzene rings is 4. The molecule has 1 amide bonds. The van der Waals surface area contributed by atoms with Crippen LogP contribution in [0, 0.1) is 6.92 Å². The van der Waals surface area contributed by atoms with E-state index in [0.29, 0.717) is 36.1 Å². The molecule has 0 aliphatic heterocycles. The standard InChI is InChI=1S/C35H35N3O2/c1-4-29(27-18-10-7-11-19-27)34(39)37(24-26-16-8-6-9-17-26)32(5-2)33-36-31-22-13-12-21-30(31)35(40)38(33)28-20-14-15-25(3)23-28/h6-23,29,32H,4-5,24H2,1-3H3. The van der Waals surface area contributed by atoms with Gasteiger partial charge in [0.25, 0.3) is 5.56 Å². The highest BCUT2D eigenvalue weighted by atomic mass is 16.2. The highest BCUT2D eigenvalue weighted by Gasteiger charge is 2.33. The Morgan fingerprint density at radius 2 is 1.50 bits per heavy atom. The van der Waals surface area contributed by atoms with Crippen molar-refractivity contribution in [3.05, 3.63) is 142 Å². The fraction of sp³-hybridized carbons (Fsp3) is 0.229. The van der Waals surface area contributed by atoms with Crippen LogP contribution in [0.2, 0.25) is 0 Å². The second-order valence-electron chi connectivity index (χ2n) is 10.2. The summed E-state index contributed by atoms with van der Waals surface area (Å²) < 4.78 is 1.71. The Labute approximate surface area is 235 Å². The Morgan fingerprint density at radius 3 is 2.17 bits per heavy atom. The van der Waals surface area contributed by atoms with Gasteiger partial charge in [0, 0.05) is 6.54 Å². The molecule has 0 radical (unpaired) electrons. The van der Waals surface area contributed by atoms with Crippen molar-refractivity contribution in [2.45, 2.75) is 52.1 Å². The summed E-state index contributed by atoms with van der Waals surface area (Å²) in [4.78, 5) is 35.6. The summed E-state index contributed by atoms with van der Waals surface area (Å²) >= 11 is 0. The maximum absolute atomic E-state index is 14.5. The van der Waals surface area contributed by atoms with Crippen LogP contribution in [-0.2, 0) is 11.3 Å². The largest absolute Gasteiger partial charge is 0.328 e. The van der Waals surface area contributed by atoms with Crippen LogP contribution < -0.4 is 5.56 Å². The minimum Gasteiger partial charge on any atom is -0.328 e. The van der Waals surface area contributed by atoms with E-state index in [9.17, 15) is 9.59 Å². The van der Waals surface area contributed by atoms with Gasteiger partial charge in [-0.05, 0) is 60.7 Å². The van der Waals surface area contributed by atoms with E-state index >= 15 is 0 Å². The van der Waals surface area contributed by atoms with E-state index in [1.807, 2.05) is 128 Å². The van der Waals surface area contributed by atoms with Crippen LogP contribution >= 0.6 is 0 Å². The molecule has 0 N–H and O–H groups in total. The zero-order chi connectivity index (χ0) is 28.1. The summed E-state index contributed by atoms with van der Waals surface area (Å²) in [6.45, 7) is 6.53. The van der Waals surface area contributed by atoms with E-state index in [1.54, 1.807) is 4.57 Å². The number of carbonyl (C=O) groups excluding carboxylic acids is 1. The molecule has 5 rings (SSSR count). The molecule has 0 fully saturated rings. The lowest BCUT2D eigenvalue weighted by atomic mass is 9.93. The summed E-state index contributed by atoms with van der Waals surface area (Å²) in [6, 6.07) is 34.9. The van der Waals surface area contributed by atoms with Gasteiger partial charge in [-0.2, -0.15) is 0 Å². The molecule has 0 spiro atoms. The van der Waals surface area contributed by atoms with Crippen molar-refractivity contribution >= 4 is 16.8 Å². The van der Waals surface area contributed by atoms with Gasteiger partial charge < -0.3 is 4.90 Å². The topological polar surface area (TPSA) is 55.2 Å². The van der Waals surface area contributed by atoms with Crippen molar-refractivity contribution in [1.29, 1.82) is 0 Å². The van der Waals surface area contributed by atoms with Crippen LogP contribution in [0.4, 0.5) is 0 Å². The average molecular weight is 530 g/mol. The maximum Gasteiger partial charge on any atom is 0.266 e. The average Bonchev–Trinajstić information content (AvgIpc) is 2.98. The number of hydrogen-bond acceptors (Lipinski definition) is 3. The van der Waals surface area contributed by atoms with E-state index in [1.165, 1.54) is 0 Å². The summed E-state index contributed by atoms with van der Waals surface area (Å²) in [5.74, 6) is 0.296. The van der Waals surface area contributed by atoms with Gasteiger partial charge in [0.05, 0.1) is 28.6 Å². The molecule has 202 valence electrons. The van der Waals surface area contributed by atoms with Gasteiger partial charge in [-0.1, -0.05) is 98.8 Å². The zero-order valence-corrected chi connectivity index (χ0v) is 23.3. The third kappa shape index (κ3) is 5.46. The number of nitrogens with zero attached hydrogens (tertiary/aromatic N) is 3. The molecular formula is C35H35N3O2. The molecule has 0 saturated carbocycles. The molecule has 0 aliphatic rings. The van der Waals surface area contributed by atoms with E-state index in [2.05, 4.69) is 6.92 Å². The van der Waals surface area contributed by atoms with E-state index in [4.69, 9.17) is 4.98 Å². The SMILES string of the molecule is CCC(C(=O)N(Cc1ccccc1)C(CC)c1nc2ccccc2c(=O)n1-c1cccc(C)c1)c1ccccc1. The fourth-order valence-electron chi connectivity index (χ4n) is 5.49. The summed E-state index contributed by atoms with van der Waals surface area (Å²) in [5, 5.41) is 0.555. The van der Waals surface area contributed by atoms with Gasteiger partial charge in [0.1, 0.15) is 5.82 Å². The first-order valence-corrected chi connectivity index (χ1v) is 14.0. The monoisotopic (exact) mass is 529 g/mol. The van der Waals surface area contributed by atoms with Crippen LogP contribution in [-0.4, -0.2) is 20.4 Å². The third-order valence-electron chi connectivity index (χ3n) is 7.51. The molecule has 0 aliphatic carbocycles. The number of carbonyl (C=O) groups is 1. The van der Waals surface area contributed by atoms with Crippen LogP contribution in [0.25, 0.3) is 16.6 Å². The predicted molar refractivity (Wildman–Crippen MR) is 162 cm³/mol. The maximum atomic E-state index is 14.5. The molecule has 0 bridgehead atoms. The van der Waals surface area contributed by atoms with Crippen LogP contribution in [0.1, 0.15) is 61.2 Å². The first kappa shape index (κ1) is 27.1. The first-order valence-electron chi connectivity index (χ1n) is 14.0. The molecule has 40 heavy (non-hydrogen) atoms. The molecule has 0 saturated heterocycles. The number of amides is 1. The van der Waals surface area contributed by atoms with Crippen molar-refractivity contribution in [1.82, 2.24) is 14.5 Å². The van der Waals surface area contributed by atoms with Crippen molar-refractivity contribution < 1.29 is 4.79 Å². The van der Waals surface area contributed by atoms with E-state index in [0.717, 1.165) is 22.4 Å². The molecule has 1 heterocycles. The third-order valence-corrected chi connectivity index (χ3v) is 7.51. The Hall–Kier alpha value is -4.51. The molecule has 2 unspecified atom stereocenters. The Morgan fingerprint density at radius 1 is 0.825 bits per heavy atom. The lowest BCUT2D eigenvalue weighted by molar-refractivity contribution is -0.136. The Bertz CT molecular complexity index is 1660. The van der Waals surface area contributed by atoms with Gasteiger partial charge in [0.2, 0.25) is 5.91 Å². The molecule has 2 atom stereocenters. The lowest BCUT2D eigenvalue weighted by Crippen LogP contribution is -2.40. The minimum absolute atomic E-state index is 0.0302. The van der Waals surface area contributed by atoms with Gasteiger partial charge in [-0.25, -0.2) is 4.98 Å². The summed E-state index contributed by atoms with van der Waals surface area (Å²) in [5.41, 5.74) is 4.31. The zero-order valence-electron chi connectivity index (χ0n) is 23.3. The van der Waals surface area contributed by atoms with Gasteiger partial charge in [0.15, 0.2) is 0 Å². The smallest absolute Gasteiger partial charge is 0.266 e. The highest BCUT2D eigenvalue weighted by Crippen LogP contribution is 2.32. The van der Waals surface area contributed by atoms with Gasteiger partial charge in [-0.3, -0.25) is 14.2 Å². The number of para-hydroxylation sites is 1. The van der Waals surface area contributed by atoms with Crippen LogP contribution in [0.15, 0.2) is 114 Å². The minimum atomic E-state index is -0.428. The second-order valence-corrected chi connectivity index (χ2v) is 10.2. The van der Waals surface area contributed by atoms with Gasteiger partial charge in [-0.15, -0.1) is 0 Å². The predicted octanol–water partition coefficient (Wildman–Crippen LogP) is 7.37. The molecular weight excluding hydrogens is 494 g/mol. The molecule has 5 aromatic rings. The Kier molecular flexibility index (Phi) is 8.20. The van der Waals surface area contributed by atoms with Crippen molar-refractivity contribution in [3.63, 3.8) is 0 Å². The van der Waals surface area contributed by atoms with Crippen molar-refractivity contribution in [3.8, 4) is 5.69 Å². The highest BCUT2D eigenvalue weighted by molar-refractivity contribution is 5.84. The number of fused-ring (bicyclic) bond motifs is 1. The molecule has 1 aromatic heterocycles. The number of aromatic nitrogens is 2. The number of aryl methyl sites for hydroxylation is 1. The molecule has 4 aromatic carbocycles. The van der Waals surface area contributed by atoms with Crippen molar-refractivity contribution in [2.75, 3.05) is 0 Å². The first-order chi connectivity index (χ1) is 19.5. The Balaban J connectivity index is 1.72. The second kappa shape index (κ2) is 12.1. The van der Waals surface area contributed by atoms with Crippen LogP contribution in [0.5, 0.6) is 0 Å². The number of rotatable bonds is 9. The fourth-order valence-corrected chi connectivity index (χ4v) is 5.49. The quantitative estimate of drug-likeness (QED) is 0.200. The molecule has 5 nitrogen and oxygen atoms in total. The summed E-state index contributed by atoms with van der Waals surface area (Å²) in [7, 11) is 0. The summed E-state index contributed by atoms with van der Waals surface area (Å²) in [6.07, 6.45) is 1.26. The van der Waals surface area contributed by atoms with Crippen LogP contribution in [0.3, 0.4) is 0 Å². The van der Waals surface area contributed by atoms with E-state index < -0.39 is 6.04 Å². The molecule has 5 heteroatoms. The normalized spacial score (nSPS) is 12.7. The van der Waals surface area contributed by atoms with Gasteiger partial charge >= 0.3 is 0 Å². The van der Waals surface area contributed by atoms with Crippen molar-refractivity contribution in [2.24, 2.45) is 0 Å². The lowest BCUT2D eigenvalue weighted by Gasteiger charge is -2.35. The van der Waals surface area contributed by atoms with E-state index in [-0.39, 0.29) is 17.4 Å².